The minimum absolute atomic E-state index is 0.286. The van der Waals surface area contributed by atoms with Crippen molar-refractivity contribution in [1.29, 1.82) is 0 Å². The molecule has 2 aromatic rings. The molecule has 0 atom stereocenters. The number of terminal acetylenes is 1. The minimum atomic E-state index is -0.286. The molecule has 3 heteroatoms. The van der Waals surface area contributed by atoms with Crippen molar-refractivity contribution in [3.63, 3.8) is 0 Å². The number of nitrogens with zero attached hydrogens (tertiary/aromatic N) is 1. The standard InChI is InChI=1S/C13H15N3/c1-4-13(2,3)16-9-10-8-15-12-11(10)6-5-7-14-12/h1,5-8,16H,9H2,2-3H3,(H,14,15). The van der Waals surface area contributed by atoms with Gasteiger partial charge in [-0.1, -0.05) is 5.92 Å². The van der Waals surface area contributed by atoms with Gasteiger partial charge in [-0.05, 0) is 31.5 Å². The van der Waals surface area contributed by atoms with Crippen LogP contribution in [0.4, 0.5) is 0 Å². The first-order valence-electron chi connectivity index (χ1n) is 5.26. The molecule has 0 aliphatic carbocycles. The lowest BCUT2D eigenvalue weighted by molar-refractivity contribution is 0.492. The van der Waals surface area contributed by atoms with Crippen molar-refractivity contribution < 1.29 is 0 Å². The second-order valence-electron chi connectivity index (χ2n) is 4.34. The second kappa shape index (κ2) is 3.99. The predicted octanol–water partition coefficient (Wildman–Crippen LogP) is 2.06. The lowest BCUT2D eigenvalue weighted by Crippen LogP contribution is -2.36. The van der Waals surface area contributed by atoms with Gasteiger partial charge in [-0.2, -0.15) is 0 Å². The zero-order valence-electron chi connectivity index (χ0n) is 9.54. The fourth-order valence-corrected chi connectivity index (χ4v) is 1.53. The van der Waals surface area contributed by atoms with Crippen molar-refractivity contribution in [2.75, 3.05) is 0 Å². The largest absolute Gasteiger partial charge is 0.346 e. The number of nitrogens with one attached hydrogen (secondary N) is 2. The summed E-state index contributed by atoms with van der Waals surface area (Å²) < 4.78 is 0. The van der Waals surface area contributed by atoms with Crippen molar-refractivity contribution in [3.05, 3.63) is 30.1 Å². The van der Waals surface area contributed by atoms with Crippen LogP contribution in [0, 0.1) is 12.3 Å². The summed E-state index contributed by atoms with van der Waals surface area (Å²) in [5.74, 6) is 2.71. The molecule has 0 aromatic carbocycles. The van der Waals surface area contributed by atoms with Crippen LogP contribution in [0.5, 0.6) is 0 Å². The Hall–Kier alpha value is -1.79. The van der Waals surface area contributed by atoms with Gasteiger partial charge in [0.25, 0.3) is 0 Å². The summed E-state index contributed by atoms with van der Waals surface area (Å²) in [5, 5.41) is 4.46. The lowest BCUT2D eigenvalue weighted by atomic mass is 10.1. The number of H-pyrrole nitrogens is 1. The van der Waals surface area contributed by atoms with Crippen molar-refractivity contribution in [2.45, 2.75) is 25.9 Å². The maximum Gasteiger partial charge on any atom is 0.137 e. The number of pyridine rings is 1. The van der Waals surface area contributed by atoms with Crippen LogP contribution in [0.3, 0.4) is 0 Å². The molecular weight excluding hydrogens is 198 g/mol. The van der Waals surface area contributed by atoms with Crippen LogP contribution >= 0.6 is 0 Å². The third kappa shape index (κ3) is 2.07. The molecule has 0 amide bonds. The molecule has 82 valence electrons. The molecule has 0 unspecified atom stereocenters. The third-order valence-corrected chi connectivity index (χ3v) is 2.62. The predicted molar refractivity (Wildman–Crippen MR) is 65.8 cm³/mol. The maximum atomic E-state index is 5.43. The molecule has 0 radical (unpaired) electrons. The van der Waals surface area contributed by atoms with Gasteiger partial charge >= 0.3 is 0 Å². The van der Waals surface area contributed by atoms with Crippen molar-refractivity contribution >= 4 is 11.0 Å². The van der Waals surface area contributed by atoms with E-state index < -0.39 is 0 Å². The van der Waals surface area contributed by atoms with E-state index in [1.165, 1.54) is 5.56 Å². The van der Waals surface area contributed by atoms with Gasteiger partial charge in [0.2, 0.25) is 0 Å². The Labute approximate surface area is 95.3 Å². The Balaban J connectivity index is 2.20. The second-order valence-corrected chi connectivity index (χ2v) is 4.34. The van der Waals surface area contributed by atoms with Gasteiger partial charge in [0.15, 0.2) is 0 Å². The highest BCUT2D eigenvalue weighted by Crippen LogP contribution is 2.16. The zero-order valence-corrected chi connectivity index (χ0v) is 9.54. The summed E-state index contributed by atoms with van der Waals surface area (Å²) in [6.45, 7) is 4.71. The first-order chi connectivity index (χ1) is 7.62. The molecule has 0 aliphatic rings. The molecule has 2 aromatic heterocycles. The first kappa shape index (κ1) is 10.7. The highest BCUT2D eigenvalue weighted by Gasteiger charge is 2.13. The van der Waals surface area contributed by atoms with Crippen LogP contribution in [0.1, 0.15) is 19.4 Å². The van der Waals surface area contributed by atoms with Crippen LogP contribution < -0.4 is 5.32 Å². The molecule has 2 rings (SSSR count). The van der Waals surface area contributed by atoms with Gasteiger partial charge in [0.05, 0.1) is 5.54 Å². The molecule has 0 spiro atoms. The summed E-state index contributed by atoms with van der Waals surface area (Å²) in [4.78, 5) is 7.38. The molecule has 0 bridgehead atoms. The smallest absolute Gasteiger partial charge is 0.137 e. The minimum Gasteiger partial charge on any atom is -0.346 e. The van der Waals surface area contributed by atoms with Crippen molar-refractivity contribution in [3.8, 4) is 12.3 Å². The number of aromatic amines is 1. The topological polar surface area (TPSA) is 40.7 Å². The Morgan fingerprint density at radius 3 is 3.12 bits per heavy atom. The molecule has 0 saturated heterocycles. The van der Waals surface area contributed by atoms with Gasteiger partial charge < -0.3 is 4.98 Å². The van der Waals surface area contributed by atoms with E-state index >= 15 is 0 Å². The maximum absolute atomic E-state index is 5.43. The number of fused-ring (bicyclic) bond motifs is 1. The van der Waals surface area contributed by atoms with Crippen molar-refractivity contribution in [1.82, 2.24) is 15.3 Å². The average Bonchev–Trinajstić information content (AvgIpc) is 2.70. The molecule has 0 aliphatic heterocycles. The van der Waals surface area contributed by atoms with Crippen LogP contribution in [0.25, 0.3) is 11.0 Å². The first-order valence-corrected chi connectivity index (χ1v) is 5.26. The molecular formula is C13H15N3. The van der Waals surface area contributed by atoms with E-state index in [4.69, 9.17) is 6.42 Å². The molecule has 3 nitrogen and oxygen atoms in total. The van der Waals surface area contributed by atoms with E-state index in [1.807, 2.05) is 26.1 Å². The Kier molecular flexibility index (Phi) is 2.67. The number of hydrogen-bond donors (Lipinski definition) is 2. The molecule has 2 heterocycles. The van der Waals surface area contributed by atoms with Gasteiger partial charge in [0, 0.05) is 24.3 Å². The van der Waals surface area contributed by atoms with Crippen LogP contribution in [-0.2, 0) is 6.54 Å². The Bertz CT molecular complexity index is 531. The highest BCUT2D eigenvalue weighted by molar-refractivity contribution is 5.79. The normalized spacial score (nSPS) is 11.6. The van der Waals surface area contributed by atoms with Gasteiger partial charge in [0.1, 0.15) is 5.65 Å². The molecule has 0 saturated carbocycles. The van der Waals surface area contributed by atoms with E-state index in [-0.39, 0.29) is 5.54 Å². The van der Waals surface area contributed by atoms with Gasteiger partial charge in [-0.3, -0.25) is 5.32 Å². The third-order valence-electron chi connectivity index (χ3n) is 2.62. The average molecular weight is 213 g/mol. The van der Waals surface area contributed by atoms with E-state index in [9.17, 15) is 0 Å². The fourth-order valence-electron chi connectivity index (χ4n) is 1.53. The van der Waals surface area contributed by atoms with Crippen LogP contribution in [0.2, 0.25) is 0 Å². The Morgan fingerprint density at radius 1 is 1.56 bits per heavy atom. The van der Waals surface area contributed by atoms with Crippen LogP contribution in [-0.4, -0.2) is 15.5 Å². The summed E-state index contributed by atoms with van der Waals surface area (Å²) >= 11 is 0. The molecule has 0 fully saturated rings. The van der Waals surface area contributed by atoms with E-state index in [0.717, 1.165) is 17.6 Å². The van der Waals surface area contributed by atoms with Crippen molar-refractivity contribution in [2.24, 2.45) is 0 Å². The molecule has 2 N–H and O–H groups in total. The van der Waals surface area contributed by atoms with E-state index in [0.29, 0.717) is 0 Å². The number of rotatable bonds is 3. The summed E-state index contributed by atoms with van der Waals surface area (Å²) in [5.41, 5.74) is 1.82. The molecule has 16 heavy (non-hydrogen) atoms. The van der Waals surface area contributed by atoms with E-state index in [1.54, 1.807) is 6.20 Å². The SMILES string of the molecule is C#CC(C)(C)NCc1c[nH]c2ncccc12. The quantitative estimate of drug-likeness (QED) is 0.766. The monoisotopic (exact) mass is 213 g/mol. The highest BCUT2D eigenvalue weighted by atomic mass is 14.9. The summed E-state index contributed by atoms with van der Waals surface area (Å²) in [6.07, 6.45) is 9.17. The van der Waals surface area contributed by atoms with Crippen LogP contribution in [0.15, 0.2) is 24.5 Å². The fraction of sp³-hybridized carbons (Fsp3) is 0.308. The lowest BCUT2D eigenvalue weighted by Gasteiger charge is -2.19. The summed E-state index contributed by atoms with van der Waals surface area (Å²) in [7, 11) is 0. The van der Waals surface area contributed by atoms with E-state index in [2.05, 4.69) is 27.3 Å². The summed E-state index contributed by atoms with van der Waals surface area (Å²) in [6, 6.07) is 3.99. The number of hydrogen-bond acceptors (Lipinski definition) is 2. The number of aromatic nitrogens is 2. The zero-order chi connectivity index (χ0) is 11.6. The van der Waals surface area contributed by atoms with Gasteiger partial charge in [-0.15, -0.1) is 6.42 Å². The van der Waals surface area contributed by atoms with Gasteiger partial charge in [-0.25, -0.2) is 4.98 Å². The Morgan fingerprint density at radius 2 is 2.38 bits per heavy atom.